The maximum Gasteiger partial charge on any atom is 0.0498 e. The number of aromatic nitrogens is 1. The zero-order valence-corrected chi connectivity index (χ0v) is 17.5. The lowest BCUT2D eigenvalue weighted by Gasteiger charge is -2.08. The monoisotopic (exact) mass is 391 g/mol. The van der Waals surface area contributed by atoms with E-state index in [1.54, 1.807) is 0 Å². The summed E-state index contributed by atoms with van der Waals surface area (Å²) in [6.45, 7) is 3.41. The number of fused-ring (bicyclic) bond motifs is 5. The number of thiophene rings is 2. The van der Waals surface area contributed by atoms with Crippen molar-refractivity contribution in [1.82, 2.24) is 4.57 Å². The van der Waals surface area contributed by atoms with Crippen molar-refractivity contribution in [1.29, 1.82) is 0 Å². The maximum atomic E-state index is 2.58. The highest BCUT2D eigenvalue weighted by Crippen LogP contribution is 2.37. The summed E-state index contributed by atoms with van der Waals surface area (Å²) in [5.74, 6) is 0. The largest absolute Gasteiger partial charge is 0.340 e. The standard InChI is InChI=1S/C24H25NS2/c1-2-3-4-5-6-7-10-25-21-13-17-8-11-26-23(17)15-19(21)20-16-24-18(9-12-27-24)14-22(20)25/h8-9,11-16H,2-7,10H2,1H3. The van der Waals surface area contributed by atoms with Crippen molar-refractivity contribution in [2.45, 2.75) is 52.0 Å². The minimum atomic E-state index is 1.12. The normalized spacial score (nSPS) is 12.2. The molecule has 0 radical (unpaired) electrons. The quantitative estimate of drug-likeness (QED) is 0.245. The van der Waals surface area contributed by atoms with Crippen LogP contribution < -0.4 is 0 Å². The average Bonchev–Trinajstić information content (AvgIpc) is 3.39. The van der Waals surface area contributed by atoms with Gasteiger partial charge in [0.25, 0.3) is 0 Å². The van der Waals surface area contributed by atoms with Crippen LogP contribution in [-0.4, -0.2) is 4.57 Å². The Morgan fingerprint density at radius 1 is 0.704 bits per heavy atom. The number of unbranched alkanes of at least 4 members (excludes halogenated alkanes) is 5. The summed E-state index contributed by atoms with van der Waals surface area (Å²) in [5.41, 5.74) is 2.81. The Kier molecular flexibility index (Phi) is 4.66. The maximum absolute atomic E-state index is 2.58. The van der Waals surface area contributed by atoms with Gasteiger partial charge in [0.1, 0.15) is 0 Å². The number of rotatable bonds is 7. The molecule has 0 aliphatic rings. The van der Waals surface area contributed by atoms with Crippen LogP contribution >= 0.6 is 22.7 Å². The average molecular weight is 392 g/mol. The van der Waals surface area contributed by atoms with Crippen molar-refractivity contribution in [3.63, 3.8) is 0 Å². The Labute approximate surface area is 168 Å². The summed E-state index contributed by atoms with van der Waals surface area (Å²) in [5, 5.41) is 10.0. The van der Waals surface area contributed by atoms with Gasteiger partial charge in [-0.25, -0.2) is 0 Å². The molecule has 2 aromatic carbocycles. The molecule has 5 aromatic rings. The van der Waals surface area contributed by atoms with Crippen LogP contribution in [0.25, 0.3) is 42.0 Å². The van der Waals surface area contributed by atoms with Crippen molar-refractivity contribution in [2.24, 2.45) is 0 Å². The van der Waals surface area contributed by atoms with Crippen LogP contribution in [0.4, 0.5) is 0 Å². The molecule has 3 heterocycles. The summed E-state index contributed by atoms with van der Waals surface area (Å²) in [6, 6.07) is 14.2. The third kappa shape index (κ3) is 3.07. The van der Waals surface area contributed by atoms with E-state index in [-0.39, 0.29) is 0 Å². The first-order valence-corrected chi connectivity index (χ1v) is 11.9. The smallest absolute Gasteiger partial charge is 0.0498 e. The summed E-state index contributed by atoms with van der Waals surface area (Å²) >= 11 is 3.70. The van der Waals surface area contributed by atoms with E-state index >= 15 is 0 Å². The molecule has 0 saturated heterocycles. The van der Waals surface area contributed by atoms with Gasteiger partial charge in [-0.2, -0.15) is 0 Å². The predicted molar refractivity (Wildman–Crippen MR) is 124 cm³/mol. The molecule has 5 rings (SSSR count). The van der Waals surface area contributed by atoms with Crippen LogP contribution in [0.3, 0.4) is 0 Å². The highest BCUT2D eigenvalue weighted by atomic mass is 32.1. The van der Waals surface area contributed by atoms with E-state index in [1.165, 1.54) is 80.5 Å². The van der Waals surface area contributed by atoms with E-state index < -0.39 is 0 Å². The SMILES string of the molecule is CCCCCCCCn1c2cc3ccsc3cc2c2cc3sccc3cc21. The van der Waals surface area contributed by atoms with Gasteiger partial charge in [0.2, 0.25) is 0 Å². The molecular weight excluding hydrogens is 366 g/mol. The molecule has 3 aromatic heterocycles. The zero-order valence-electron chi connectivity index (χ0n) is 15.8. The van der Waals surface area contributed by atoms with Gasteiger partial charge in [-0.05, 0) is 64.4 Å². The number of hydrogen-bond donors (Lipinski definition) is 0. The van der Waals surface area contributed by atoms with Gasteiger partial charge in [-0.1, -0.05) is 39.0 Å². The van der Waals surface area contributed by atoms with Gasteiger partial charge in [0, 0.05) is 37.8 Å². The van der Waals surface area contributed by atoms with Crippen LogP contribution in [0.5, 0.6) is 0 Å². The van der Waals surface area contributed by atoms with Gasteiger partial charge in [0.15, 0.2) is 0 Å². The summed E-state index contributed by atoms with van der Waals surface area (Å²) in [6.07, 6.45) is 8.06. The molecule has 0 N–H and O–H groups in total. The number of nitrogens with zero attached hydrogens (tertiary/aromatic N) is 1. The fourth-order valence-corrected chi connectivity index (χ4v) is 5.91. The van der Waals surface area contributed by atoms with Gasteiger partial charge >= 0.3 is 0 Å². The van der Waals surface area contributed by atoms with Crippen molar-refractivity contribution in [2.75, 3.05) is 0 Å². The number of benzene rings is 2. The highest BCUT2D eigenvalue weighted by Gasteiger charge is 2.13. The van der Waals surface area contributed by atoms with E-state index in [1.807, 2.05) is 22.7 Å². The van der Waals surface area contributed by atoms with Gasteiger partial charge in [-0.15, -0.1) is 22.7 Å². The molecule has 0 aliphatic carbocycles. The zero-order chi connectivity index (χ0) is 18.2. The molecule has 0 spiro atoms. The molecular formula is C24H25NS2. The molecule has 0 atom stereocenters. The lowest BCUT2D eigenvalue weighted by Crippen LogP contribution is -1.97. The molecule has 27 heavy (non-hydrogen) atoms. The van der Waals surface area contributed by atoms with Crippen molar-refractivity contribution >= 4 is 64.7 Å². The van der Waals surface area contributed by atoms with Crippen molar-refractivity contribution in [3.8, 4) is 0 Å². The van der Waals surface area contributed by atoms with Crippen LogP contribution in [0.15, 0.2) is 47.2 Å². The van der Waals surface area contributed by atoms with E-state index in [4.69, 9.17) is 0 Å². The molecule has 0 amide bonds. The molecule has 0 bridgehead atoms. The Hall–Kier alpha value is -1.84. The first kappa shape index (κ1) is 17.3. The third-order valence-electron chi connectivity index (χ3n) is 5.75. The lowest BCUT2D eigenvalue weighted by atomic mass is 10.1. The lowest BCUT2D eigenvalue weighted by molar-refractivity contribution is 0.571. The summed E-state index contributed by atoms with van der Waals surface area (Å²) < 4.78 is 5.37. The Bertz CT molecular complexity index is 1130. The highest BCUT2D eigenvalue weighted by molar-refractivity contribution is 7.17. The van der Waals surface area contributed by atoms with Gasteiger partial charge in [-0.3, -0.25) is 0 Å². The molecule has 0 fully saturated rings. The van der Waals surface area contributed by atoms with E-state index in [0.717, 1.165) is 6.54 Å². The van der Waals surface area contributed by atoms with Gasteiger partial charge < -0.3 is 4.57 Å². The Morgan fingerprint density at radius 2 is 1.26 bits per heavy atom. The Balaban J connectivity index is 1.60. The van der Waals surface area contributed by atoms with Crippen LogP contribution in [0.1, 0.15) is 45.4 Å². The third-order valence-corrected chi connectivity index (χ3v) is 7.51. The fraction of sp³-hybridized carbons (Fsp3) is 0.333. The summed E-state index contributed by atoms with van der Waals surface area (Å²) in [7, 11) is 0. The molecule has 0 aliphatic heterocycles. The molecule has 3 heteroatoms. The fourth-order valence-electron chi connectivity index (χ4n) is 4.29. The van der Waals surface area contributed by atoms with Crippen molar-refractivity contribution < 1.29 is 0 Å². The van der Waals surface area contributed by atoms with Crippen LogP contribution in [-0.2, 0) is 6.54 Å². The van der Waals surface area contributed by atoms with Crippen molar-refractivity contribution in [3.05, 3.63) is 47.2 Å². The van der Waals surface area contributed by atoms with E-state index in [9.17, 15) is 0 Å². The summed E-state index contributed by atoms with van der Waals surface area (Å²) in [4.78, 5) is 0. The van der Waals surface area contributed by atoms with Crippen LogP contribution in [0, 0.1) is 0 Å². The molecule has 0 saturated carbocycles. The Morgan fingerprint density at radius 3 is 1.85 bits per heavy atom. The number of hydrogen-bond acceptors (Lipinski definition) is 2. The second kappa shape index (κ2) is 7.29. The first-order chi connectivity index (χ1) is 13.3. The second-order valence-corrected chi connectivity index (χ2v) is 9.47. The predicted octanol–water partition coefficient (Wildman–Crippen LogP) is 8.58. The van der Waals surface area contributed by atoms with Crippen LogP contribution in [0.2, 0.25) is 0 Å². The first-order valence-electron chi connectivity index (χ1n) is 10.2. The molecule has 0 unspecified atom stereocenters. The minimum Gasteiger partial charge on any atom is -0.340 e. The van der Waals surface area contributed by atoms with Gasteiger partial charge in [0.05, 0.1) is 0 Å². The molecule has 138 valence electrons. The second-order valence-electron chi connectivity index (χ2n) is 7.57. The van der Waals surface area contributed by atoms with E-state index in [2.05, 4.69) is 58.6 Å². The minimum absolute atomic E-state index is 1.12. The number of aryl methyl sites for hydroxylation is 1. The topological polar surface area (TPSA) is 4.93 Å². The molecule has 1 nitrogen and oxygen atoms in total. The van der Waals surface area contributed by atoms with E-state index in [0.29, 0.717) is 0 Å².